The van der Waals surface area contributed by atoms with Crippen LogP contribution in [0.4, 0.5) is 0 Å². The van der Waals surface area contributed by atoms with Crippen LogP contribution in [0.1, 0.15) is 39.5 Å². The number of carboxylic acids is 2. The Morgan fingerprint density at radius 1 is 0.788 bits per heavy atom. The Morgan fingerprint density at radius 2 is 1.27 bits per heavy atom. The topological polar surface area (TPSA) is 188 Å². The van der Waals surface area contributed by atoms with Crippen molar-refractivity contribution in [2.75, 3.05) is 24.0 Å². The lowest BCUT2D eigenvalue weighted by Crippen LogP contribution is -2.57. The van der Waals surface area contributed by atoms with Crippen molar-refractivity contribution in [3.63, 3.8) is 0 Å². The van der Waals surface area contributed by atoms with Crippen molar-refractivity contribution in [1.82, 2.24) is 16.0 Å². The number of carbonyl (C=O) groups excluding carboxylic acids is 3. The van der Waals surface area contributed by atoms with E-state index in [0.29, 0.717) is 24.3 Å². The van der Waals surface area contributed by atoms with Crippen LogP contribution >= 0.6 is 23.5 Å². The highest BCUT2D eigenvalue weighted by atomic mass is 32.2. The molecule has 0 aliphatic rings. The molecule has 0 heterocycles. The molecule has 0 saturated heterocycles. The van der Waals surface area contributed by atoms with Gasteiger partial charge in [-0.1, -0.05) is 13.8 Å². The zero-order valence-corrected chi connectivity index (χ0v) is 21.1. The Balaban J connectivity index is 5.43. The van der Waals surface area contributed by atoms with E-state index < -0.39 is 60.2 Å². The summed E-state index contributed by atoms with van der Waals surface area (Å²) in [4.78, 5) is 60.3. The lowest BCUT2D eigenvalue weighted by molar-refractivity contribution is -0.147. The predicted octanol–water partition coefficient (Wildman–Crippen LogP) is -0.120. The van der Waals surface area contributed by atoms with Crippen LogP contribution in [0.15, 0.2) is 0 Å². The number of hydrogen-bond donors (Lipinski definition) is 6. The Bertz CT molecular complexity index is 679. The van der Waals surface area contributed by atoms with Gasteiger partial charge in [-0.25, -0.2) is 4.79 Å². The van der Waals surface area contributed by atoms with Crippen molar-refractivity contribution in [2.45, 2.75) is 63.7 Å². The SMILES string of the molecule is CSCCC(N)C(=O)NC(CCSC)C(=O)NC(CC(C)C)C(=O)NC(CC(=O)O)C(=O)O. The van der Waals surface area contributed by atoms with Crippen molar-refractivity contribution in [3.8, 4) is 0 Å². The zero-order chi connectivity index (χ0) is 25.6. The molecule has 190 valence electrons. The number of carboxylic acid groups (broad SMARTS) is 2. The van der Waals surface area contributed by atoms with Gasteiger partial charge in [0.15, 0.2) is 0 Å². The van der Waals surface area contributed by atoms with Gasteiger partial charge in [0, 0.05) is 0 Å². The monoisotopic (exact) mass is 508 g/mol. The summed E-state index contributed by atoms with van der Waals surface area (Å²) >= 11 is 3.03. The van der Waals surface area contributed by atoms with Gasteiger partial charge in [-0.15, -0.1) is 0 Å². The zero-order valence-electron chi connectivity index (χ0n) is 19.5. The summed E-state index contributed by atoms with van der Waals surface area (Å²) in [7, 11) is 0. The standard InChI is InChI=1S/C20H36N4O7S2/c1-11(2)9-14(19(29)24-15(20(30)31)10-16(25)26)23-18(28)13(6-8-33-4)22-17(27)12(21)5-7-32-3/h11-15H,5-10,21H2,1-4H3,(H,22,27)(H,23,28)(H,24,29)(H,25,26)(H,30,31). The molecule has 0 aromatic heterocycles. The number of aliphatic carboxylic acids is 2. The summed E-state index contributed by atoms with van der Waals surface area (Å²) in [5, 5.41) is 25.5. The maximum absolute atomic E-state index is 12.9. The summed E-state index contributed by atoms with van der Waals surface area (Å²) in [6, 6.07) is -4.44. The molecule has 4 unspecified atom stereocenters. The molecule has 13 heteroatoms. The molecule has 0 aliphatic heterocycles. The number of thioether (sulfide) groups is 2. The van der Waals surface area contributed by atoms with E-state index in [2.05, 4.69) is 16.0 Å². The fraction of sp³-hybridized carbons (Fsp3) is 0.750. The molecule has 0 bridgehead atoms. The minimum absolute atomic E-state index is 0.0389. The quantitative estimate of drug-likeness (QED) is 0.154. The van der Waals surface area contributed by atoms with Gasteiger partial charge in [0.1, 0.15) is 18.1 Å². The molecule has 0 aromatic carbocycles. The van der Waals surface area contributed by atoms with Gasteiger partial charge >= 0.3 is 11.9 Å². The lowest BCUT2D eigenvalue weighted by Gasteiger charge is -2.26. The molecule has 0 saturated carbocycles. The number of nitrogens with two attached hydrogens (primary N) is 1. The Labute approximate surface area is 202 Å². The van der Waals surface area contributed by atoms with E-state index in [-0.39, 0.29) is 12.3 Å². The van der Waals surface area contributed by atoms with Crippen LogP contribution in [0.3, 0.4) is 0 Å². The molecule has 33 heavy (non-hydrogen) atoms. The fourth-order valence-corrected chi connectivity index (χ4v) is 3.74. The maximum atomic E-state index is 12.9. The highest BCUT2D eigenvalue weighted by Crippen LogP contribution is 2.09. The highest BCUT2D eigenvalue weighted by Gasteiger charge is 2.31. The van der Waals surface area contributed by atoms with E-state index in [1.807, 2.05) is 26.4 Å². The van der Waals surface area contributed by atoms with Crippen molar-refractivity contribution in [3.05, 3.63) is 0 Å². The average Bonchev–Trinajstić information content (AvgIpc) is 2.72. The van der Waals surface area contributed by atoms with Crippen molar-refractivity contribution < 1.29 is 34.2 Å². The Morgan fingerprint density at radius 3 is 1.76 bits per heavy atom. The van der Waals surface area contributed by atoms with Crippen molar-refractivity contribution in [1.29, 1.82) is 0 Å². The second-order valence-corrected chi connectivity index (χ2v) is 9.89. The number of amides is 3. The molecule has 7 N–H and O–H groups in total. The summed E-state index contributed by atoms with van der Waals surface area (Å²) in [6.45, 7) is 3.63. The second kappa shape index (κ2) is 16.6. The molecule has 0 radical (unpaired) electrons. The summed E-state index contributed by atoms with van der Waals surface area (Å²) in [5.74, 6) is -3.54. The maximum Gasteiger partial charge on any atom is 0.326 e. The van der Waals surface area contributed by atoms with Gasteiger partial charge in [0.05, 0.1) is 12.5 Å². The highest BCUT2D eigenvalue weighted by molar-refractivity contribution is 7.98. The largest absolute Gasteiger partial charge is 0.481 e. The molecular formula is C20H36N4O7S2. The first-order valence-corrected chi connectivity index (χ1v) is 13.3. The van der Waals surface area contributed by atoms with E-state index in [1.54, 1.807) is 11.8 Å². The minimum atomic E-state index is -1.64. The third kappa shape index (κ3) is 13.3. The number of nitrogens with one attached hydrogen (secondary N) is 3. The van der Waals surface area contributed by atoms with Crippen LogP contribution in [0, 0.1) is 5.92 Å². The van der Waals surface area contributed by atoms with Gasteiger partial charge in [-0.05, 0) is 49.2 Å². The normalized spacial score (nSPS) is 14.6. The van der Waals surface area contributed by atoms with Gasteiger partial charge in [-0.3, -0.25) is 19.2 Å². The van der Waals surface area contributed by atoms with E-state index in [4.69, 9.17) is 10.8 Å². The van der Waals surface area contributed by atoms with Crippen molar-refractivity contribution in [2.24, 2.45) is 11.7 Å². The van der Waals surface area contributed by atoms with E-state index in [0.717, 1.165) is 0 Å². The van der Waals surface area contributed by atoms with Gasteiger partial charge in [0.2, 0.25) is 17.7 Å². The van der Waals surface area contributed by atoms with Gasteiger partial charge < -0.3 is 31.9 Å². The van der Waals surface area contributed by atoms with E-state index in [1.165, 1.54) is 11.8 Å². The fourth-order valence-electron chi connectivity index (χ4n) is 2.78. The number of hydrogen-bond acceptors (Lipinski definition) is 8. The van der Waals surface area contributed by atoms with Crippen LogP contribution in [0.2, 0.25) is 0 Å². The summed E-state index contributed by atoms with van der Waals surface area (Å²) in [6.07, 6.45) is 3.88. The van der Waals surface area contributed by atoms with Crippen LogP contribution in [0.25, 0.3) is 0 Å². The van der Waals surface area contributed by atoms with Gasteiger partial charge in [0.25, 0.3) is 0 Å². The first-order chi connectivity index (χ1) is 15.4. The van der Waals surface area contributed by atoms with Crippen LogP contribution in [0.5, 0.6) is 0 Å². The van der Waals surface area contributed by atoms with E-state index >= 15 is 0 Å². The molecule has 0 spiro atoms. The predicted molar refractivity (Wildman–Crippen MR) is 129 cm³/mol. The lowest BCUT2D eigenvalue weighted by atomic mass is 10.0. The van der Waals surface area contributed by atoms with Crippen LogP contribution < -0.4 is 21.7 Å². The summed E-state index contributed by atoms with van der Waals surface area (Å²) in [5.41, 5.74) is 5.89. The number of carbonyl (C=O) groups is 5. The third-order valence-corrected chi connectivity index (χ3v) is 5.83. The first-order valence-electron chi connectivity index (χ1n) is 10.5. The van der Waals surface area contributed by atoms with E-state index in [9.17, 15) is 29.1 Å². The summed E-state index contributed by atoms with van der Waals surface area (Å²) < 4.78 is 0. The molecule has 0 aliphatic carbocycles. The van der Waals surface area contributed by atoms with Crippen LogP contribution in [-0.4, -0.2) is 88.1 Å². The second-order valence-electron chi connectivity index (χ2n) is 7.92. The minimum Gasteiger partial charge on any atom is -0.481 e. The Kier molecular flexibility index (Phi) is 15.6. The van der Waals surface area contributed by atoms with Crippen molar-refractivity contribution >= 4 is 53.2 Å². The molecule has 11 nitrogen and oxygen atoms in total. The smallest absolute Gasteiger partial charge is 0.326 e. The molecular weight excluding hydrogens is 472 g/mol. The van der Waals surface area contributed by atoms with Gasteiger partial charge in [-0.2, -0.15) is 23.5 Å². The molecule has 3 amide bonds. The molecule has 0 fully saturated rings. The molecule has 0 aromatic rings. The molecule has 4 atom stereocenters. The Hall–Kier alpha value is -1.99. The van der Waals surface area contributed by atoms with Crippen LogP contribution in [-0.2, 0) is 24.0 Å². The third-order valence-electron chi connectivity index (χ3n) is 4.55. The average molecular weight is 509 g/mol. The first kappa shape index (κ1) is 31.0. The number of rotatable bonds is 17. The molecule has 0 rings (SSSR count).